The highest BCUT2D eigenvalue weighted by molar-refractivity contribution is 5.79. The smallest absolute Gasteiger partial charge is 0.410 e. The number of anilines is 2. The molecule has 2 N–H and O–H groups in total. The summed E-state index contributed by atoms with van der Waals surface area (Å²) in [5.41, 5.74) is 6.02. The number of nitrogens with zero attached hydrogens (tertiary/aromatic N) is 3. The molecule has 2 aliphatic heterocycles. The van der Waals surface area contributed by atoms with E-state index in [1.54, 1.807) is 17.0 Å². The van der Waals surface area contributed by atoms with Crippen LogP contribution in [-0.2, 0) is 9.53 Å². The van der Waals surface area contributed by atoms with Crippen molar-refractivity contribution in [3.8, 4) is 0 Å². The van der Waals surface area contributed by atoms with Crippen molar-refractivity contribution < 1.29 is 18.7 Å². The van der Waals surface area contributed by atoms with Crippen molar-refractivity contribution in [2.75, 3.05) is 49.9 Å². The Labute approximate surface area is 171 Å². The first-order valence-electron chi connectivity index (χ1n) is 10.2. The van der Waals surface area contributed by atoms with Crippen molar-refractivity contribution in [1.29, 1.82) is 0 Å². The predicted molar refractivity (Wildman–Crippen MR) is 110 cm³/mol. The van der Waals surface area contributed by atoms with Gasteiger partial charge in [-0.2, -0.15) is 0 Å². The van der Waals surface area contributed by atoms with E-state index >= 15 is 0 Å². The van der Waals surface area contributed by atoms with Crippen molar-refractivity contribution in [2.45, 2.75) is 39.2 Å². The van der Waals surface area contributed by atoms with Crippen LogP contribution in [0.4, 0.5) is 20.6 Å². The molecule has 3 rings (SSSR count). The Morgan fingerprint density at radius 2 is 1.66 bits per heavy atom. The van der Waals surface area contributed by atoms with Gasteiger partial charge in [0.15, 0.2) is 0 Å². The van der Waals surface area contributed by atoms with Crippen molar-refractivity contribution >= 4 is 23.4 Å². The van der Waals surface area contributed by atoms with E-state index in [2.05, 4.69) is 0 Å². The molecule has 2 amide bonds. The number of carbonyl (C=O) groups excluding carboxylic acids is 2. The molecule has 0 bridgehead atoms. The minimum atomic E-state index is -0.520. The number of amides is 2. The molecule has 7 nitrogen and oxygen atoms in total. The SMILES string of the molecule is CC(C)(C)OC(=O)N1CCC(C(=O)N2CCN(c3ccc(N)cc3F)CC2)CC1. The molecule has 160 valence electrons. The van der Waals surface area contributed by atoms with E-state index < -0.39 is 5.60 Å². The highest BCUT2D eigenvalue weighted by Gasteiger charge is 2.33. The molecule has 0 unspecified atom stereocenters. The second-order valence-corrected chi connectivity index (χ2v) is 8.76. The molecule has 29 heavy (non-hydrogen) atoms. The first kappa shape index (κ1) is 21.2. The number of likely N-dealkylation sites (tertiary alicyclic amines) is 1. The number of hydrogen-bond donors (Lipinski definition) is 1. The van der Waals surface area contributed by atoms with E-state index in [4.69, 9.17) is 10.5 Å². The molecular formula is C21H31FN4O3. The van der Waals surface area contributed by atoms with Crippen LogP contribution < -0.4 is 10.6 Å². The molecule has 2 saturated heterocycles. The van der Waals surface area contributed by atoms with Gasteiger partial charge in [0.2, 0.25) is 5.91 Å². The maximum Gasteiger partial charge on any atom is 0.410 e. The lowest BCUT2D eigenvalue weighted by molar-refractivity contribution is -0.137. The average molecular weight is 407 g/mol. The lowest BCUT2D eigenvalue weighted by atomic mass is 9.95. The highest BCUT2D eigenvalue weighted by atomic mass is 19.1. The summed E-state index contributed by atoms with van der Waals surface area (Å²) >= 11 is 0. The van der Waals surface area contributed by atoms with Crippen LogP contribution in [0.2, 0.25) is 0 Å². The number of halogens is 1. The molecule has 2 fully saturated rings. The van der Waals surface area contributed by atoms with Crippen LogP contribution in [0.25, 0.3) is 0 Å². The zero-order valence-corrected chi connectivity index (χ0v) is 17.5. The molecule has 1 aromatic carbocycles. The molecule has 0 aromatic heterocycles. The van der Waals surface area contributed by atoms with Crippen LogP contribution in [0.15, 0.2) is 18.2 Å². The van der Waals surface area contributed by atoms with Gasteiger partial charge in [0.05, 0.1) is 5.69 Å². The number of carbonyl (C=O) groups is 2. The number of hydrogen-bond acceptors (Lipinski definition) is 5. The summed E-state index contributed by atoms with van der Waals surface area (Å²) in [4.78, 5) is 30.6. The normalized spacial score (nSPS) is 18.7. The molecule has 0 radical (unpaired) electrons. The van der Waals surface area contributed by atoms with Gasteiger partial charge in [-0.25, -0.2) is 9.18 Å². The summed E-state index contributed by atoms with van der Waals surface area (Å²) in [7, 11) is 0. The first-order valence-corrected chi connectivity index (χ1v) is 10.2. The van der Waals surface area contributed by atoms with E-state index in [9.17, 15) is 14.0 Å². The molecule has 0 saturated carbocycles. The Kier molecular flexibility index (Phi) is 6.19. The summed E-state index contributed by atoms with van der Waals surface area (Å²) in [5, 5.41) is 0. The Balaban J connectivity index is 1.48. The van der Waals surface area contributed by atoms with Gasteiger partial charge in [-0.15, -0.1) is 0 Å². The van der Waals surface area contributed by atoms with E-state index in [-0.39, 0.29) is 23.7 Å². The quantitative estimate of drug-likeness (QED) is 0.764. The summed E-state index contributed by atoms with van der Waals surface area (Å²) in [6, 6.07) is 4.70. The zero-order valence-electron chi connectivity index (χ0n) is 17.5. The maximum atomic E-state index is 14.1. The van der Waals surface area contributed by atoms with Gasteiger partial charge >= 0.3 is 6.09 Å². The van der Waals surface area contributed by atoms with E-state index in [0.29, 0.717) is 63.5 Å². The average Bonchev–Trinajstić information content (AvgIpc) is 2.66. The van der Waals surface area contributed by atoms with E-state index in [1.165, 1.54) is 6.07 Å². The number of nitrogens with two attached hydrogens (primary N) is 1. The molecule has 0 spiro atoms. The van der Waals surface area contributed by atoms with E-state index in [1.807, 2.05) is 30.6 Å². The van der Waals surface area contributed by atoms with Crippen LogP contribution >= 0.6 is 0 Å². The number of piperazine rings is 1. The molecule has 2 aliphatic rings. The molecule has 0 atom stereocenters. The van der Waals surface area contributed by atoms with Gasteiger partial charge in [-0.1, -0.05) is 0 Å². The van der Waals surface area contributed by atoms with Gasteiger partial charge in [0, 0.05) is 50.9 Å². The van der Waals surface area contributed by atoms with Crippen LogP contribution in [0.3, 0.4) is 0 Å². The predicted octanol–water partition coefficient (Wildman–Crippen LogP) is 2.70. The van der Waals surface area contributed by atoms with Crippen molar-refractivity contribution in [1.82, 2.24) is 9.80 Å². The third-order valence-electron chi connectivity index (χ3n) is 5.40. The molecule has 2 heterocycles. The first-order chi connectivity index (χ1) is 13.6. The fourth-order valence-electron chi connectivity index (χ4n) is 3.84. The third kappa shape index (κ3) is 5.31. The third-order valence-corrected chi connectivity index (χ3v) is 5.40. The van der Waals surface area contributed by atoms with Crippen LogP contribution in [0.5, 0.6) is 0 Å². The second-order valence-electron chi connectivity index (χ2n) is 8.76. The fourth-order valence-corrected chi connectivity index (χ4v) is 3.84. The number of piperidine rings is 1. The number of ether oxygens (including phenoxy) is 1. The molecule has 1 aromatic rings. The van der Waals surface area contributed by atoms with Gasteiger partial charge in [0.25, 0.3) is 0 Å². The summed E-state index contributed by atoms with van der Waals surface area (Å²) in [6.45, 7) is 8.89. The van der Waals surface area contributed by atoms with Gasteiger partial charge in [-0.3, -0.25) is 4.79 Å². The van der Waals surface area contributed by atoms with Gasteiger partial charge in [-0.05, 0) is 51.8 Å². The summed E-state index contributed by atoms with van der Waals surface area (Å²) in [5.74, 6) is -0.279. The number of benzene rings is 1. The fraction of sp³-hybridized carbons (Fsp3) is 0.619. The largest absolute Gasteiger partial charge is 0.444 e. The van der Waals surface area contributed by atoms with Gasteiger partial charge in [0.1, 0.15) is 11.4 Å². The topological polar surface area (TPSA) is 79.1 Å². The lowest BCUT2D eigenvalue weighted by Crippen LogP contribution is -2.52. The van der Waals surface area contributed by atoms with Crippen molar-refractivity contribution in [3.05, 3.63) is 24.0 Å². The van der Waals surface area contributed by atoms with Crippen LogP contribution in [-0.4, -0.2) is 66.7 Å². The minimum Gasteiger partial charge on any atom is -0.444 e. The summed E-state index contributed by atoms with van der Waals surface area (Å²) in [6.07, 6.45) is 0.970. The minimum absolute atomic E-state index is 0.0755. The molecule has 8 heteroatoms. The van der Waals surface area contributed by atoms with Crippen LogP contribution in [0.1, 0.15) is 33.6 Å². The Morgan fingerprint density at radius 3 is 2.21 bits per heavy atom. The number of rotatable bonds is 2. The zero-order chi connectivity index (χ0) is 21.2. The summed E-state index contributed by atoms with van der Waals surface area (Å²) < 4.78 is 19.5. The standard InChI is InChI=1S/C21H31FN4O3/c1-21(2,3)29-20(28)26-8-6-15(7-9-26)19(27)25-12-10-24(11-13-25)18-5-4-16(23)14-17(18)22/h4-5,14-15H,6-13,23H2,1-3H3. The van der Waals surface area contributed by atoms with Crippen LogP contribution in [0, 0.1) is 11.7 Å². The van der Waals surface area contributed by atoms with Crippen molar-refractivity contribution in [3.63, 3.8) is 0 Å². The Morgan fingerprint density at radius 1 is 1.03 bits per heavy atom. The second kappa shape index (κ2) is 8.47. The Bertz CT molecular complexity index is 749. The van der Waals surface area contributed by atoms with E-state index in [0.717, 1.165) is 0 Å². The Hall–Kier alpha value is -2.51. The number of nitrogen functional groups attached to an aromatic ring is 1. The highest BCUT2D eigenvalue weighted by Crippen LogP contribution is 2.25. The molecular weight excluding hydrogens is 375 g/mol. The lowest BCUT2D eigenvalue weighted by Gasteiger charge is -2.39. The van der Waals surface area contributed by atoms with Crippen molar-refractivity contribution in [2.24, 2.45) is 5.92 Å². The maximum absolute atomic E-state index is 14.1. The monoisotopic (exact) mass is 406 g/mol. The van der Waals surface area contributed by atoms with Gasteiger partial charge < -0.3 is 25.2 Å². The molecule has 0 aliphatic carbocycles.